The van der Waals surface area contributed by atoms with Crippen molar-refractivity contribution in [2.45, 2.75) is 52.2 Å². The Morgan fingerprint density at radius 1 is 1.29 bits per heavy atom. The van der Waals surface area contributed by atoms with Crippen molar-refractivity contribution in [3.63, 3.8) is 0 Å². The first-order valence-corrected chi connectivity index (χ1v) is 6.46. The molecular formula is C15H23NO. The molecule has 0 bridgehead atoms. The van der Waals surface area contributed by atoms with Crippen molar-refractivity contribution < 1.29 is 4.74 Å². The molecule has 1 N–H and O–H groups in total. The van der Waals surface area contributed by atoms with E-state index in [9.17, 15) is 0 Å². The highest BCUT2D eigenvalue weighted by Crippen LogP contribution is 2.30. The minimum Gasteiger partial charge on any atom is -0.382 e. The minimum atomic E-state index is 0.0626. The third kappa shape index (κ3) is 3.01. The average Bonchev–Trinajstić information content (AvgIpc) is 2.57. The Morgan fingerprint density at radius 2 is 1.94 bits per heavy atom. The fourth-order valence-electron chi connectivity index (χ4n) is 2.53. The second-order valence-electron chi connectivity index (χ2n) is 5.69. The van der Waals surface area contributed by atoms with Gasteiger partial charge < -0.3 is 10.1 Å². The standard InChI is InChI=1S/C15H23NO/c1-11-6-5-7-12(2)14(11)16-10-13-8-9-15(3,4)17-13/h5-7,13,16H,8-10H2,1-4H3. The third-order valence-electron chi connectivity index (χ3n) is 3.54. The summed E-state index contributed by atoms with van der Waals surface area (Å²) in [6.45, 7) is 9.55. The van der Waals surface area contributed by atoms with E-state index in [1.165, 1.54) is 16.8 Å². The van der Waals surface area contributed by atoms with Gasteiger partial charge in [0.15, 0.2) is 0 Å². The van der Waals surface area contributed by atoms with E-state index in [-0.39, 0.29) is 5.60 Å². The van der Waals surface area contributed by atoms with Crippen LogP contribution in [0.3, 0.4) is 0 Å². The van der Waals surface area contributed by atoms with Crippen LogP contribution in [0.25, 0.3) is 0 Å². The molecular weight excluding hydrogens is 210 g/mol. The molecule has 1 aliphatic heterocycles. The van der Waals surface area contributed by atoms with Gasteiger partial charge in [0.05, 0.1) is 11.7 Å². The topological polar surface area (TPSA) is 21.3 Å². The molecule has 1 aromatic carbocycles. The maximum Gasteiger partial charge on any atom is 0.0755 e. The Balaban J connectivity index is 1.95. The third-order valence-corrected chi connectivity index (χ3v) is 3.54. The van der Waals surface area contributed by atoms with Crippen LogP contribution in [0.5, 0.6) is 0 Å². The molecule has 0 spiro atoms. The van der Waals surface area contributed by atoms with Crippen LogP contribution >= 0.6 is 0 Å². The van der Waals surface area contributed by atoms with E-state index in [1.54, 1.807) is 0 Å². The Labute approximate surface area is 104 Å². The molecule has 0 saturated carbocycles. The van der Waals surface area contributed by atoms with Crippen LogP contribution in [0, 0.1) is 13.8 Å². The molecule has 1 aromatic rings. The van der Waals surface area contributed by atoms with E-state index in [2.05, 4.69) is 51.2 Å². The highest BCUT2D eigenvalue weighted by atomic mass is 16.5. The monoisotopic (exact) mass is 233 g/mol. The fraction of sp³-hybridized carbons (Fsp3) is 0.600. The molecule has 1 heterocycles. The summed E-state index contributed by atoms with van der Waals surface area (Å²) in [7, 11) is 0. The van der Waals surface area contributed by atoms with E-state index < -0.39 is 0 Å². The quantitative estimate of drug-likeness (QED) is 0.860. The van der Waals surface area contributed by atoms with Gasteiger partial charge >= 0.3 is 0 Å². The summed E-state index contributed by atoms with van der Waals surface area (Å²) in [6, 6.07) is 6.40. The fourth-order valence-corrected chi connectivity index (χ4v) is 2.53. The predicted octanol–water partition coefficient (Wildman–Crippen LogP) is 3.67. The first-order valence-electron chi connectivity index (χ1n) is 6.46. The molecule has 0 aromatic heterocycles. The van der Waals surface area contributed by atoms with Crippen molar-refractivity contribution in [1.29, 1.82) is 0 Å². The number of hydrogen-bond donors (Lipinski definition) is 1. The normalized spacial score (nSPS) is 22.7. The number of para-hydroxylation sites is 1. The number of nitrogens with one attached hydrogen (secondary N) is 1. The van der Waals surface area contributed by atoms with Crippen LogP contribution in [-0.2, 0) is 4.74 Å². The molecule has 0 amide bonds. The first kappa shape index (κ1) is 12.4. The lowest BCUT2D eigenvalue weighted by atomic mass is 10.1. The van der Waals surface area contributed by atoms with Gasteiger partial charge in [0.2, 0.25) is 0 Å². The van der Waals surface area contributed by atoms with Crippen molar-refractivity contribution in [1.82, 2.24) is 0 Å². The molecule has 2 heteroatoms. The maximum atomic E-state index is 5.99. The number of anilines is 1. The van der Waals surface area contributed by atoms with E-state index in [1.807, 2.05) is 0 Å². The molecule has 1 fully saturated rings. The van der Waals surface area contributed by atoms with Crippen LogP contribution in [0.1, 0.15) is 37.8 Å². The SMILES string of the molecule is Cc1cccc(C)c1NCC1CCC(C)(C)O1. The second kappa shape index (κ2) is 4.69. The van der Waals surface area contributed by atoms with Crippen LogP contribution < -0.4 is 5.32 Å². The molecule has 2 rings (SSSR count). The van der Waals surface area contributed by atoms with Crippen LogP contribution in [0.2, 0.25) is 0 Å². The number of hydrogen-bond acceptors (Lipinski definition) is 2. The van der Waals surface area contributed by atoms with E-state index in [4.69, 9.17) is 4.74 Å². The van der Waals surface area contributed by atoms with E-state index in [0.717, 1.165) is 19.4 Å². The zero-order chi connectivity index (χ0) is 12.5. The van der Waals surface area contributed by atoms with Crippen molar-refractivity contribution in [3.8, 4) is 0 Å². The van der Waals surface area contributed by atoms with Gasteiger partial charge in [-0.1, -0.05) is 18.2 Å². The number of benzene rings is 1. The number of aryl methyl sites for hydroxylation is 2. The maximum absolute atomic E-state index is 5.99. The lowest BCUT2D eigenvalue weighted by Crippen LogP contribution is -2.25. The van der Waals surface area contributed by atoms with Gasteiger partial charge in [-0.05, 0) is 51.7 Å². The van der Waals surface area contributed by atoms with E-state index in [0.29, 0.717) is 6.10 Å². The summed E-state index contributed by atoms with van der Waals surface area (Å²) in [5.41, 5.74) is 3.94. The molecule has 17 heavy (non-hydrogen) atoms. The Morgan fingerprint density at radius 3 is 2.47 bits per heavy atom. The predicted molar refractivity (Wildman–Crippen MR) is 72.6 cm³/mol. The van der Waals surface area contributed by atoms with E-state index >= 15 is 0 Å². The zero-order valence-electron chi connectivity index (χ0n) is 11.3. The van der Waals surface area contributed by atoms with Crippen LogP contribution in [0.15, 0.2) is 18.2 Å². The summed E-state index contributed by atoms with van der Waals surface area (Å²) < 4.78 is 5.99. The molecule has 0 radical (unpaired) electrons. The van der Waals surface area contributed by atoms with Crippen molar-refractivity contribution in [2.24, 2.45) is 0 Å². The lowest BCUT2D eigenvalue weighted by molar-refractivity contribution is -0.00911. The van der Waals surface area contributed by atoms with Gasteiger partial charge in [0.25, 0.3) is 0 Å². The minimum absolute atomic E-state index is 0.0626. The Kier molecular flexibility index (Phi) is 3.43. The zero-order valence-corrected chi connectivity index (χ0v) is 11.3. The van der Waals surface area contributed by atoms with Crippen molar-refractivity contribution in [2.75, 3.05) is 11.9 Å². The number of rotatable bonds is 3. The molecule has 94 valence electrons. The molecule has 1 aliphatic rings. The molecule has 1 unspecified atom stereocenters. The van der Waals surface area contributed by atoms with Gasteiger partial charge in [-0.25, -0.2) is 0 Å². The van der Waals surface area contributed by atoms with Gasteiger partial charge in [-0.3, -0.25) is 0 Å². The van der Waals surface area contributed by atoms with Gasteiger partial charge in [0.1, 0.15) is 0 Å². The molecule has 2 nitrogen and oxygen atoms in total. The van der Waals surface area contributed by atoms with Crippen molar-refractivity contribution >= 4 is 5.69 Å². The van der Waals surface area contributed by atoms with Gasteiger partial charge in [-0.15, -0.1) is 0 Å². The summed E-state index contributed by atoms with van der Waals surface area (Å²) in [5, 5.41) is 3.54. The summed E-state index contributed by atoms with van der Waals surface area (Å²) in [6.07, 6.45) is 2.67. The summed E-state index contributed by atoms with van der Waals surface area (Å²) >= 11 is 0. The Bertz CT molecular complexity index is 378. The first-order chi connectivity index (χ1) is 7.98. The molecule has 0 aliphatic carbocycles. The summed E-state index contributed by atoms with van der Waals surface area (Å²) in [5.74, 6) is 0. The van der Waals surface area contributed by atoms with Gasteiger partial charge in [-0.2, -0.15) is 0 Å². The van der Waals surface area contributed by atoms with Gasteiger partial charge in [0, 0.05) is 12.2 Å². The van der Waals surface area contributed by atoms with Crippen LogP contribution in [0.4, 0.5) is 5.69 Å². The number of ether oxygens (including phenoxy) is 1. The highest BCUT2D eigenvalue weighted by Gasteiger charge is 2.31. The van der Waals surface area contributed by atoms with Crippen molar-refractivity contribution in [3.05, 3.63) is 29.3 Å². The second-order valence-corrected chi connectivity index (χ2v) is 5.69. The average molecular weight is 233 g/mol. The lowest BCUT2D eigenvalue weighted by Gasteiger charge is -2.20. The Hall–Kier alpha value is -1.02. The largest absolute Gasteiger partial charge is 0.382 e. The summed E-state index contributed by atoms with van der Waals surface area (Å²) in [4.78, 5) is 0. The molecule has 1 atom stereocenters. The smallest absolute Gasteiger partial charge is 0.0755 e. The molecule has 1 saturated heterocycles. The van der Waals surface area contributed by atoms with Crippen LogP contribution in [-0.4, -0.2) is 18.2 Å². The highest BCUT2D eigenvalue weighted by molar-refractivity contribution is 5.56.